The van der Waals surface area contributed by atoms with Crippen LogP contribution in [0.1, 0.15) is 76.2 Å². The molecule has 0 amide bonds. The number of fused-ring (bicyclic) bond motifs is 1. The van der Waals surface area contributed by atoms with Crippen LogP contribution in [0.4, 0.5) is 0 Å². The van der Waals surface area contributed by atoms with Gasteiger partial charge in [0.25, 0.3) is 0 Å². The van der Waals surface area contributed by atoms with Crippen molar-refractivity contribution in [3.05, 3.63) is 64.2 Å². The fraction of sp³-hybridized carbons (Fsp3) is 0.586. The Kier molecular flexibility index (Phi) is 6.29. The minimum Gasteiger partial charge on any atom is -0.490 e. The van der Waals surface area contributed by atoms with Crippen LogP contribution in [-0.2, 0) is 11.2 Å². The van der Waals surface area contributed by atoms with Gasteiger partial charge in [-0.1, -0.05) is 63.6 Å². The normalized spacial score (nSPS) is 36.0. The number of benzene rings is 2. The van der Waals surface area contributed by atoms with E-state index < -0.39 is 0 Å². The summed E-state index contributed by atoms with van der Waals surface area (Å²) in [6.07, 6.45) is 6.68. The molecule has 2 nitrogen and oxygen atoms in total. The van der Waals surface area contributed by atoms with Crippen molar-refractivity contribution in [2.24, 2.45) is 29.6 Å². The van der Waals surface area contributed by atoms with Crippen molar-refractivity contribution in [3.63, 3.8) is 0 Å². The monoisotopic (exact) mass is 452 g/mol. The van der Waals surface area contributed by atoms with Crippen LogP contribution in [0.2, 0.25) is 5.02 Å². The maximum absolute atomic E-state index is 6.63. The first-order chi connectivity index (χ1) is 15.4. The third kappa shape index (κ3) is 4.46. The zero-order valence-electron chi connectivity index (χ0n) is 19.9. The fourth-order valence-corrected chi connectivity index (χ4v) is 6.32. The van der Waals surface area contributed by atoms with Gasteiger partial charge in [-0.05, 0) is 96.6 Å². The Bertz CT molecular complexity index is 927. The summed E-state index contributed by atoms with van der Waals surface area (Å²) >= 11 is 6.63. The minimum atomic E-state index is 0.135. The molecule has 1 saturated heterocycles. The van der Waals surface area contributed by atoms with Crippen LogP contribution in [0.3, 0.4) is 0 Å². The molecule has 5 rings (SSSR count). The molecule has 1 heterocycles. The van der Waals surface area contributed by atoms with E-state index in [1.807, 2.05) is 0 Å². The standard InChI is InChI=1S/C29H37ClO2/c1-5-28-18(3)17(2)19(4)29(32-28)21-8-11-27(30)24(13-21)12-20-6-9-25(10-7-20)31-26-15-22-14-23(22)16-26/h6-11,13,17-19,22-23,26,28-29H,5,12,14-16H2,1-4H3/t17-,18-,19+,22-,23+,26?,28+,29+/m0/s1. The molecule has 0 N–H and O–H groups in total. The predicted octanol–water partition coefficient (Wildman–Crippen LogP) is 7.87. The lowest BCUT2D eigenvalue weighted by Gasteiger charge is -2.44. The Morgan fingerprint density at radius 3 is 2.31 bits per heavy atom. The van der Waals surface area contributed by atoms with Crippen molar-refractivity contribution < 1.29 is 9.47 Å². The van der Waals surface area contributed by atoms with Crippen LogP contribution in [0.15, 0.2) is 42.5 Å². The van der Waals surface area contributed by atoms with Gasteiger partial charge in [0, 0.05) is 5.02 Å². The van der Waals surface area contributed by atoms with Crippen molar-refractivity contribution in [2.45, 2.75) is 78.1 Å². The van der Waals surface area contributed by atoms with Crippen LogP contribution in [-0.4, -0.2) is 12.2 Å². The highest BCUT2D eigenvalue weighted by molar-refractivity contribution is 6.31. The zero-order valence-corrected chi connectivity index (χ0v) is 20.6. The lowest BCUT2D eigenvalue weighted by Crippen LogP contribution is -2.40. The summed E-state index contributed by atoms with van der Waals surface area (Å²) in [5, 5.41) is 0.830. The van der Waals surface area contributed by atoms with E-state index in [0.29, 0.717) is 30.0 Å². The molecule has 0 spiro atoms. The number of hydrogen-bond acceptors (Lipinski definition) is 2. The first-order valence-electron chi connectivity index (χ1n) is 12.6. The maximum atomic E-state index is 6.63. The number of hydrogen-bond donors (Lipinski definition) is 0. The molecule has 0 aromatic heterocycles. The van der Waals surface area contributed by atoms with Gasteiger partial charge in [-0.2, -0.15) is 0 Å². The quantitative estimate of drug-likeness (QED) is 0.444. The highest BCUT2D eigenvalue weighted by Gasteiger charge is 2.46. The highest BCUT2D eigenvalue weighted by Crippen LogP contribution is 2.52. The average Bonchev–Trinajstić information content (AvgIpc) is 3.41. The van der Waals surface area contributed by atoms with E-state index >= 15 is 0 Å². The van der Waals surface area contributed by atoms with E-state index in [4.69, 9.17) is 21.1 Å². The molecule has 0 bridgehead atoms. The second kappa shape index (κ2) is 9.03. The molecule has 32 heavy (non-hydrogen) atoms. The van der Waals surface area contributed by atoms with Crippen LogP contribution >= 0.6 is 11.6 Å². The largest absolute Gasteiger partial charge is 0.490 e. The van der Waals surface area contributed by atoms with Crippen molar-refractivity contribution in [1.29, 1.82) is 0 Å². The summed E-state index contributed by atoms with van der Waals surface area (Å²) in [6.45, 7) is 9.28. The van der Waals surface area contributed by atoms with Crippen LogP contribution in [0.5, 0.6) is 5.75 Å². The predicted molar refractivity (Wildman–Crippen MR) is 131 cm³/mol. The van der Waals surface area contributed by atoms with E-state index in [0.717, 1.165) is 35.4 Å². The first-order valence-corrected chi connectivity index (χ1v) is 13.0. The van der Waals surface area contributed by atoms with Gasteiger partial charge in [0.2, 0.25) is 0 Å². The molecule has 0 radical (unpaired) electrons. The molecular weight excluding hydrogens is 416 g/mol. The molecule has 3 aliphatic rings. The molecule has 8 atom stereocenters. The van der Waals surface area contributed by atoms with Gasteiger partial charge < -0.3 is 9.47 Å². The van der Waals surface area contributed by atoms with Crippen LogP contribution < -0.4 is 4.74 Å². The van der Waals surface area contributed by atoms with Gasteiger partial charge in [0.1, 0.15) is 5.75 Å². The molecule has 172 valence electrons. The Morgan fingerprint density at radius 1 is 0.906 bits per heavy atom. The van der Waals surface area contributed by atoms with E-state index in [1.54, 1.807) is 0 Å². The molecular formula is C29H37ClO2. The second-order valence-electron chi connectivity index (χ2n) is 10.7. The van der Waals surface area contributed by atoms with Gasteiger partial charge >= 0.3 is 0 Å². The number of ether oxygens (including phenoxy) is 2. The molecule has 2 aliphatic carbocycles. The number of rotatable bonds is 6. The van der Waals surface area contributed by atoms with E-state index in [1.165, 1.54) is 36.0 Å². The smallest absolute Gasteiger partial charge is 0.119 e. The zero-order chi connectivity index (χ0) is 22.4. The Balaban J connectivity index is 1.28. The highest BCUT2D eigenvalue weighted by atomic mass is 35.5. The van der Waals surface area contributed by atoms with E-state index in [9.17, 15) is 0 Å². The lowest BCUT2D eigenvalue weighted by atomic mass is 9.74. The fourth-order valence-electron chi connectivity index (χ4n) is 6.14. The molecule has 3 heteroatoms. The topological polar surface area (TPSA) is 18.5 Å². The molecule has 3 fully saturated rings. The summed E-state index contributed by atoms with van der Waals surface area (Å²) in [5.74, 6) is 4.61. The molecule has 2 aromatic rings. The summed E-state index contributed by atoms with van der Waals surface area (Å²) in [6, 6.07) is 15.1. The van der Waals surface area contributed by atoms with Crippen molar-refractivity contribution in [1.82, 2.24) is 0 Å². The van der Waals surface area contributed by atoms with Crippen LogP contribution in [0, 0.1) is 29.6 Å². The van der Waals surface area contributed by atoms with Crippen LogP contribution in [0.25, 0.3) is 0 Å². The SMILES string of the molecule is CC[C@H]1O[C@@H](c2ccc(Cl)c(Cc3ccc(OC4C[C@@H]5C[C@@H]5C4)cc3)c2)[C@H](C)[C@@H](C)[C@@H]1C. The molecule has 1 unspecified atom stereocenters. The Labute approximate surface area is 198 Å². The van der Waals surface area contributed by atoms with Crippen molar-refractivity contribution in [3.8, 4) is 5.75 Å². The number of halogens is 1. The Hall–Kier alpha value is -1.51. The summed E-state index contributed by atoms with van der Waals surface area (Å²) in [4.78, 5) is 0. The molecule has 2 aromatic carbocycles. The second-order valence-corrected chi connectivity index (χ2v) is 11.1. The Morgan fingerprint density at radius 2 is 1.62 bits per heavy atom. The van der Waals surface area contributed by atoms with Gasteiger partial charge in [-0.25, -0.2) is 0 Å². The first kappa shape index (κ1) is 22.3. The summed E-state index contributed by atoms with van der Waals surface area (Å²) < 4.78 is 12.8. The third-order valence-electron chi connectivity index (χ3n) is 8.67. The molecule has 1 aliphatic heterocycles. The summed E-state index contributed by atoms with van der Waals surface area (Å²) in [5.41, 5.74) is 3.69. The van der Waals surface area contributed by atoms with E-state index in [2.05, 4.69) is 70.2 Å². The maximum Gasteiger partial charge on any atom is 0.119 e. The third-order valence-corrected chi connectivity index (χ3v) is 9.03. The average molecular weight is 453 g/mol. The summed E-state index contributed by atoms with van der Waals surface area (Å²) in [7, 11) is 0. The minimum absolute atomic E-state index is 0.135. The van der Waals surface area contributed by atoms with Gasteiger partial charge in [0.05, 0.1) is 18.3 Å². The molecule has 2 saturated carbocycles. The van der Waals surface area contributed by atoms with E-state index in [-0.39, 0.29) is 6.10 Å². The van der Waals surface area contributed by atoms with Gasteiger partial charge in [0.15, 0.2) is 0 Å². The van der Waals surface area contributed by atoms with Gasteiger partial charge in [-0.15, -0.1) is 0 Å². The van der Waals surface area contributed by atoms with Gasteiger partial charge in [-0.3, -0.25) is 0 Å². The van der Waals surface area contributed by atoms with Crippen molar-refractivity contribution in [2.75, 3.05) is 0 Å². The van der Waals surface area contributed by atoms with Crippen molar-refractivity contribution >= 4 is 11.6 Å². The lowest BCUT2D eigenvalue weighted by molar-refractivity contribution is -0.136.